The highest BCUT2D eigenvalue weighted by Gasteiger charge is 2.07. The highest BCUT2D eigenvalue weighted by molar-refractivity contribution is 6.30. The SMILES string of the molecule is CCN(CCNCC(O)COCc1ccc(Cl)cc1)c1cccc(C)c1.O=C(O)C(=O)O. The van der Waals surface area contributed by atoms with E-state index >= 15 is 0 Å². The molecule has 1 atom stereocenters. The van der Waals surface area contributed by atoms with Crippen LogP contribution in [0, 0.1) is 6.92 Å². The minimum atomic E-state index is -1.82. The van der Waals surface area contributed by atoms with Crippen LogP contribution in [0.1, 0.15) is 18.1 Å². The number of rotatable bonds is 11. The van der Waals surface area contributed by atoms with Crippen molar-refractivity contribution in [2.24, 2.45) is 0 Å². The number of nitrogens with zero attached hydrogens (tertiary/aromatic N) is 1. The van der Waals surface area contributed by atoms with Gasteiger partial charge in [0.1, 0.15) is 0 Å². The Morgan fingerprint density at radius 2 is 1.78 bits per heavy atom. The second-order valence-electron chi connectivity index (χ2n) is 7.03. The monoisotopic (exact) mass is 466 g/mol. The van der Waals surface area contributed by atoms with Gasteiger partial charge >= 0.3 is 11.9 Å². The molecule has 9 heteroatoms. The summed E-state index contributed by atoms with van der Waals surface area (Å²) < 4.78 is 5.56. The maximum Gasteiger partial charge on any atom is 0.414 e. The Morgan fingerprint density at radius 1 is 1.12 bits per heavy atom. The lowest BCUT2D eigenvalue weighted by molar-refractivity contribution is -0.159. The zero-order valence-electron chi connectivity index (χ0n) is 18.3. The molecule has 0 saturated heterocycles. The number of carboxylic acids is 2. The number of carbonyl (C=O) groups is 2. The van der Waals surface area contributed by atoms with Crippen molar-refractivity contribution in [3.63, 3.8) is 0 Å². The molecule has 0 radical (unpaired) electrons. The third-order valence-corrected chi connectivity index (χ3v) is 4.61. The number of ether oxygens (including phenoxy) is 1. The standard InChI is InChI=1S/C21H29ClN2O2.C2H2O4/c1-3-24(20-6-4-5-17(2)13-20)12-11-23-14-21(25)16-26-15-18-7-9-19(22)10-8-18;3-1(4)2(5)6/h4-10,13,21,23,25H,3,11-12,14-16H2,1-2H3;(H,3,4)(H,5,6). The van der Waals surface area contributed by atoms with E-state index in [1.807, 2.05) is 24.3 Å². The van der Waals surface area contributed by atoms with Crippen LogP contribution in [-0.2, 0) is 20.9 Å². The minimum Gasteiger partial charge on any atom is -0.473 e. The van der Waals surface area contributed by atoms with Crippen LogP contribution < -0.4 is 10.2 Å². The highest BCUT2D eigenvalue weighted by atomic mass is 35.5. The van der Waals surface area contributed by atoms with Gasteiger partial charge in [0.2, 0.25) is 0 Å². The highest BCUT2D eigenvalue weighted by Crippen LogP contribution is 2.15. The van der Waals surface area contributed by atoms with Gasteiger partial charge in [0, 0.05) is 36.9 Å². The van der Waals surface area contributed by atoms with E-state index < -0.39 is 18.0 Å². The normalized spacial score (nSPS) is 11.2. The molecule has 0 aliphatic carbocycles. The van der Waals surface area contributed by atoms with Gasteiger partial charge < -0.3 is 30.3 Å². The van der Waals surface area contributed by atoms with Gasteiger partial charge in [0.25, 0.3) is 0 Å². The number of benzene rings is 2. The lowest BCUT2D eigenvalue weighted by atomic mass is 10.2. The Kier molecular flexibility index (Phi) is 13.0. The van der Waals surface area contributed by atoms with E-state index in [4.69, 9.17) is 36.1 Å². The van der Waals surface area contributed by atoms with Crippen molar-refractivity contribution >= 4 is 29.2 Å². The summed E-state index contributed by atoms with van der Waals surface area (Å²) in [6.07, 6.45) is -0.517. The number of aryl methyl sites for hydroxylation is 1. The molecule has 0 aliphatic rings. The van der Waals surface area contributed by atoms with E-state index in [2.05, 4.69) is 48.3 Å². The molecule has 2 aromatic rings. The first-order valence-corrected chi connectivity index (χ1v) is 10.6. The third-order valence-electron chi connectivity index (χ3n) is 4.36. The van der Waals surface area contributed by atoms with Crippen LogP contribution in [0.3, 0.4) is 0 Å². The molecule has 0 heterocycles. The van der Waals surface area contributed by atoms with Gasteiger partial charge in [-0.3, -0.25) is 0 Å². The summed E-state index contributed by atoms with van der Waals surface area (Å²) in [5.74, 6) is -3.65. The average molecular weight is 467 g/mol. The number of halogens is 1. The van der Waals surface area contributed by atoms with Crippen molar-refractivity contribution in [2.45, 2.75) is 26.6 Å². The molecule has 32 heavy (non-hydrogen) atoms. The Bertz CT molecular complexity index is 819. The van der Waals surface area contributed by atoms with E-state index in [0.29, 0.717) is 24.8 Å². The lowest BCUT2D eigenvalue weighted by Crippen LogP contribution is -2.36. The summed E-state index contributed by atoms with van der Waals surface area (Å²) in [7, 11) is 0. The number of nitrogens with one attached hydrogen (secondary N) is 1. The number of carboxylic acid groups (broad SMARTS) is 2. The maximum absolute atomic E-state index is 10.0. The number of anilines is 1. The van der Waals surface area contributed by atoms with Gasteiger partial charge in [-0.05, 0) is 49.2 Å². The molecule has 0 aromatic heterocycles. The minimum absolute atomic E-state index is 0.311. The van der Waals surface area contributed by atoms with E-state index in [9.17, 15) is 5.11 Å². The first-order chi connectivity index (χ1) is 15.2. The molecule has 176 valence electrons. The largest absolute Gasteiger partial charge is 0.473 e. The number of aliphatic hydroxyl groups is 1. The van der Waals surface area contributed by atoms with Gasteiger partial charge in [-0.1, -0.05) is 35.9 Å². The second-order valence-corrected chi connectivity index (χ2v) is 7.46. The summed E-state index contributed by atoms with van der Waals surface area (Å²) in [5.41, 5.74) is 3.55. The quantitative estimate of drug-likeness (QED) is 0.295. The molecular formula is C23H31ClN2O6. The Hall–Kier alpha value is -2.65. The lowest BCUT2D eigenvalue weighted by Gasteiger charge is -2.24. The van der Waals surface area contributed by atoms with Crippen LogP contribution in [0.4, 0.5) is 5.69 Å². The molecule has 0 bridgehead atoms. The van der Waals surface area contributed by atoms with Crippen molar-refractivity contribution in [1.82, 2.24) is 5.32 Å². The van der Waals surface area contributed by atoms with Crippen molar-refractivity contribution in [3.8, 4) is 0 Å². The summed E-state index contributed by atoms with van der Waals surface area (Å²) in [6.45, 7) is 8.24. The van der Waals surface area contributed by atoms with Crippen molar-refractivity contribution in [2.75, 3.05) is 37.7 Å². The van der Waals surface area contributed by atoms with Crippen molar-refractivity contribution < 1.29 is 29.6 Å². The Labute approximate surface area is 193 Å². The number of aliphatic carboxylic acids is 2. The molecule has 8 nitrogen and oxygen atoms in total. The smallest absolute Gasteiger partial charge is 0.414 e. The summed E-state index contributed by atoms with van der Waals surface area (Å²) >= 11 is 5.85. The molecule has 0 spiro atoms. The molecule has 0 amide bonds. The van der Waals surface area contributed by atoms with Gasteiger partial charge in [-0.15, -0.1) is 0 Å². The van der Waals surface area contributed by atoms with Gasteiger partial charge in [-0.25, -0.2) is 9.59 Å². The van der Waals surface area contributed by atoms with Gasteiger partial charge in [0.15, 0.2) is 0 Å². The third kappa shape index (κ3) is 11.7. The van der Waals surface area contributed by atoms with Crippen molar-refractivity contribution in [3.05, 3.63) is 64.7 Å². The molecule has 0 fully saturated rings. The van der Waals surface area contributed by atoms with Crippen LogP contribution >= 0.6 is 11.6 Å². The molecule has 0 saturated carbocycles. The predicted molar refractivity (Wildman–Crippen MR) is 124 cm³/mol. The first-order valence-electron chi connectivity index (χ1n) is 10.2. The molecule has 2 rings (SSSR count). The van der Waals surface area contributed by atoms with Gasteiger partial charge in [0.05, 0.1) is 19.3 Å². The molecule has 0 aliphatic heterocycles. The van der Waals surface area contributed by atoms with Crippen LogP contribution in [-0.4, -0.2) is 66.1 Å². The van der Waals surface area contributed by atoms with E-state index in [1.54, 1.807) is 0 Å². The molecular weight excluding hydrogens is 436 g/mol. The average Bonchev–Trinajstić information content (AvgIpc) is 2.75. The molecule has 2 aromatic carbocycles. The van der Waals surface area contributed by atoms with Crippen LogP contribution in [0.5, 0.6) is 0 Å². The summed E-state index contributed by atoms with van der Waals surface area (Å²) in [5, 5.41) is 28.8. The van der Waals surface area contributed by atoms with Gasteiger partial charge in [-0.2, -0.15) is 0 Å². The van der Waals surface area contributed by atoms with Crippen molar-refractivity contribution in [1.29, 1.82) is 0 Å². The number of aliphatic hydroxyl groups excluding tert-OH is 1. The second kappa shape index (κ2) is 15.2. The topological polar surface area (TPSA) is 119 Å². The molecule has 4 N–H and O–H groups in total. The van der Waals surface area contributed by atoms with E-state index in [0.717, 1.165) is 25.2 Å². The zero-order valence-corrected chi connectivity index (χ0v) is 19.1. The predicted octanol–water partition coefficient (Wildman–Crippen LogP) is 2.80. The maximum atomic E-state index is 10.0. The van der Waals surface area contributed by atoms with E-state index in [-0.39, 0.29) is 0 Å². The van der Waals surface area contributed by atoms with Crippen LogP contribution in [0.25, 0.3) is 0 Å². The number of likely N-dealkylation sites (N-methyl/N-ethyl adjacent to an activating group) is 1. The number of hydrogen-bond donors (Lipinski definition) is 4. The number of hydrogen-bond acceptors (Lipinski definition) is 6. The Balaban J connectivity index is 0.000000751. The fourth-order valence-electron chi connectivity index (χ4n) is 2.73. The zero-order chi connectivity index (χ0) is 23.9. The molecule has 1 unspecified atom stereocenters. The van der Waals surface area contributed by atoms with Crippen LogP contribution in [0.15, 0.2) is 48.5 Å². The van der Waals surface area contributed by atoms with Crippen LogP contribution in [0.2, 0.25) is 5.02 Å². The first kappa shape index (κ1) is 27.4. The fraction of sp³-hybridized carbons (Fsp3) is 0.391. The fourth-order valence-corrected chi connectivity index (χ4v) is 2.86. The summed E-state index contributed by atoms with van der Waals surface area (Å²) in [6, 6.07) is 16.1. The Morgan fingerprint density at radius 3 is 2.34 bits per heavy atom. The van der Waals surface area contributed by atoms with E-state index in [1.165, 1.54) is 11.3 Å². The summed E-state index contributed by atoms with van der Waals surface area (Å²) in [4.78, 5) is 20.5.